The number of nitrogens with zero attached hydrogens (tertiary/aromatic N) is 1. The zero-order valence-electron chi connectivity index (χ0n) is 9.10. The maximum absolute atomic E-state index is 10.8. The first kappa shape index (κ1) is 12.1. The Morgan fingerprint density at radius 1 is 1.53 bits per heavy atom. The maximum atomic E-state index is 10.8. The molecule has 1 aromatic rings. The van der Waals surface area contributed by atoms with E-state index in [-0.39, 0.29) is 11.8 Å². The molecule has 0 aromatic heterocycles. The second kappa shape index (κ2) is 4.89. The molecule has 1 fully saturated rings. The molecule has 92 valence electrons. The summed E-state index contributed by atoms with van der Waals surface area (Å²) >= 11 is 5.72. The molecular formula is C11H13ClN2O3. The van der Waals surface area contributed by atoms with Gasteiger partial charge in [-0.3, -0.25) is 10.1 Å². The Labute approximate surface area is 104 Å². The molecule has 17 heavy (non-hydrogen) atoms. The highest BCUT2D eigenvalue weighted by Crippen LogP contribution is 2.31. The summed E-state index contributed by atoms with van der Waals surface area (Å²) in [5, 5.41) is 23.3. The summed E-state index contributed by atoms with van der Waals surface area (Å²) < 4.78 is 0. The third-order valence-corrected chi connectivity index (χ3v) is 3.18. The van der Waals surface area contributed by atoms with Crippen LogP contribution in [0.15, 0.2) is 18.2 Å². The lowest BCUT2D eigenvalue weighted by atomic mass is 9.82. The maximum Gasteiger partial charge on any atom is 0.293 e. The van der Waals surface area contributed by atoms with E-state index in [0.717, 1.165) is 12.8 Å². The van der Waals surface area contributed by atoms with Gasteiger partial charge in [-0.15, -0.1) is 0 Å². The molecule has 0 aliphatic heterocycles. The standard InChI is InChI=1S/C11H13ClN2O3/c12-8-1-2-10(11(5-8)14(16)17)13-6-7-3-9(15)4-7/h1-2,5,7,9,13,15H,3-4,6H2. The zero-order chi connectivity index (χ0) is 12.4. The second-order valence-electron chi connectivity index (χ2n) is 4.29. The van der Waals surface area contributed by atoms with Crippen LogP contribution in [0, 0.1) is 16.0 Å². The Balaban J connectivity index is 2.02. The van der Waals surface area contributed by atoms with Gasteiger partial charge in [0.25, 0.3) is 5.69 Å². The van der Waals surface area contributed by atoms with E-state index in [1.807, 2.05) is 0 Å². The van der Waals surface area contributed by atoms with Crippen LogP contribution in [-0.2, 0) is 0 Å². The van der Waals surface area contributed by atoms with Crippen molar-refractivity contribution >= 4 is 23.0 Å². The van der Waals surface area contributed by atoms with E-state index in [4.69, 9.17) is 16.7 Å². The summed E-state index contributed by atoms with van der Waals surface area (Å²) in [6, 6.07) is 4.56. The number of nitro benzene ring substituents is 1. The first-order chi connectivity index (χ1) is 8.06. The molecule has 2 rings (SSSR count). The first-order valence-electron chi connectivity index (χ1n) is 5.42. The van der Waals surface area contributed by atoms with Gasteiger partial charge >= 0.3 is 0 Å². The third-order valence-electron chi connectivity index (χ3n) is 2.95. The van der Waals surface area contributed by atoms with E-state index in [1.54, 1.807) is 12.1 Å². The molecular weight excluding hydrogens is 244 g/mol. The zero-order valence-corrected chi connectivity index (χ0v) is 9.85. The van der Waals surface area contributed by atoms with E-state index in [2.05, 4.69) is 5.32 Å². The molecule has 0 bridgehead atoms. The van der Waals surface area contributed by atoms with Crippen molar-refractivity contribution in [3.05, 3.63) is 33.3 Å². The third kappa shape index (κ3) is 2.87. The molecule has 0 saturated heterocycles. The molecule has 0 spiro atoms. The Morgan fingerprint density at radius 2 is 2.24 bits per heavy atom. The van der Waals surface area contributed by atoms with Crippen LogP contribution in [0.1, 0.15) is 12.8 Å². The van der Waals surface area contributed by atoms with Crippen LogP contribution < -0.4 is 5.32 Å². The quantitative estimate of drug-likeness (QED) is 0.641. The largest absolute Gasteiger partial charge is 0.393 e. The van der Waals surface area contributed by atoms with Crippen molar-refractivity contribution in [2.75, 3.05) is 11.9 Å². The van der Waals surface area contributed by atoms with E-state index in [9.17, 15) is 10.1 Å². The van der Waals surface area contributed by atoms with Gasteiger partial charge in [-0.25, -0.2) is 0 Å². The number of aliphatic hydroxyl groups excluding tert-OH is 1. The van der Waals surface area contributed by atoms with Crippen LogP contribution in [0.4, 0.5) is 11.4 Å². The molecule has 0 amide bonds. The van der Waals surface area contributed by atoms with Crippen LogP contribution in [0.2, 0.25) is 5.02 Å². The minimum Gasteiger partial charge on any atom is -0.393 e. The van der Waals surface area contributed by atoms with E-state index in [0.29, 0.717) is 23.2 Å². The Hall–Kier alpha value is -1.33. The Bertz CT molecular complexity index is 433. The summed E-state index contributed by atoms with van der Waals surface area (Å²) in [6.45, 7) is 0.638. The number of halogens is 1. The summed E-state index contributed by atoms with van der Waals surface area (Å²) in [5.74, 6) is 0.389. The Morgan fingerprint density at radius 3 is 2.82 bits per heavy atom. The lowest BCUT2D eigenvalue weighted by Crippen LogP contribution is -2.33. The number of nitrogens with one attached hydrogen (secondary N) is 1. The highest BCUT2D eigenvalue weighted by atomic mass is 35.5. The number of hydrogen-bond donors (Lipinski definition) is 2. The lowest BCUT2D eigenvalue weighted by molar-refractivity contribution is -0.383. The number of nitro groups is 1. The minimum absolute atomic E-state index is 0.0163. The number of rotatable bonds is 4. The van der Waals surface area contributed by atoms with Gasteiger partial charge < -0.3 is 10.4 Å². The molecule has 0 radical (unpaired) electrons. The van der Waals surface area contributed by atoms with Gasteiger partial charge in [-0.05, 0) is 30.9 Å². The molecule has 0 heterocycles. The molecule has 0 unspecified atom stereocenters. The van der Waals surface area contributed by atoms with Crippen molar-refractivity contribution in [3.8, 4) is 0 Å². The fourth-order valence-corrected chi connectivity index (χ4v) is 2.09. The van der Waals surface area contributed by atoms with Crippen molar-refractivity contribution in [1.82, 2.24) is 0 Å². The number of hydrogen-bond acceptors (Lipinski definition) is 4. The van der Waals surface area contributed by atoms with Crippen LogP contribution in [0.3, 0.4) is 0 Å². The summed E-state index contributed by atoms with van der Waals surface area (Å²) in [7, 11) is 0. The molecule has 1 aromatic carbocycles. The SMILES string of the molecule is O=[N+]([O-])c1cc(Cl)ccc1NCC1CC(O)C1. The number of aliphatic hydroxyl groups is 1. The highest BCUT2D eigenvalue weighted by molar-refractivity contribution is 6.30. The summed E-state index contributed by atoms with van der Waals surface area (Å²) in [4.78, 5) is 10.4. The smallest absolute Gasteiger partial charge is 0.293 e. The van der Waals surface area contributed by atoms with Gasteiger partial charge in [0.2, 0.25) is 0 Å². The molecule has 1 saturated carbocycles. The van der Waals surface area contributed by atoms with Crippen LogP contribution in [0.25, 0.3) is 0 Å². The van der Waals surface area contributed by atoms with Gasteiger partial charge in [0, 0.05) is 17.6 Å². The van der Waals surface area contributed by atoms with Crippen LogP contribution in [0.5, 0.6) is 0 Å². The van der Waals surface area contributed by atoms with Gasteiger partial charge in [0.05, 0.1) is 11.0 Å². The van der Waals surface area contributed by atoms with Crippen molar-refractivity contribution in [2.24, 2.45) is 5.92 Å². The van der Waals surface area contributed by atoms with E-state index >= 15 is 0 Å². The van der Waals surface area contributed by atoms with Crippen molar-refractivity contribution < 1.29 is 10.0 Å². The monoisotopic (exact) mass is 256 g/mol. The number of anilines is 1. The fourth-order valence-electron chi connectivity index (χ4n) is 1.93. The van der Waals surface area contributed by atoms with Crippen molar-refractivity contribution in [1.29, 1.82) is 0 Å². The average Bonchev–Trinajstić information content (AvgIpc) is 2.24. The highest BCUT2D eigenvalue weighted by Gasteiger charge is 2.27. The topological polar surface area (TPSA) is 75.4 Å². The molecule has 6 heteroatoms. The van der Waals surface area contributed by atoms with Gasteiger partial charge in [0.15, 0.2) is 0 Å². The minimum atomic E-state index is -0.455. The molecule has 0 atom stereocenters. The average molecular weight is 257 g/mol. The van der Waals surface area contributed by atoms with Gasteiger partial charge in [-0.2, -0.15) is 0 Å². The molecule has 2 N–H and O–H groups in total. The van der Waals surface area contributed by atoms with Crippen molar-refractivity contribution in [2.45, 2.75) is 18.9 Å². The molecule has 1 aliphatic rings. The second-order valence-corrected chi connectivity index (χ2v) is 4.73. The predicted molar refractivity (Wildman–Crippen MR) is 65.3 cm³/mol. The normalized spacial score (nSPS) is 22.9. The van der Waals surface area contributed by atoms with Crippen LogP contribution in [-0.4, -0.2) is 22.7 Å². The van der Waals surface area contributed by atoms with Gasteiger partial charge in [-0.1, -0.05) is 11.6 Å². The fraction of sp³-hybridized carbons (Fsp3) is 0.455. The summed E-state index contributed by atoms with van der Waals surface area (Å²) in [6.07, 6.45) is 1.31. The number of benzene rings is 1. The van der Waals surface area contributed by atoms with E-state index < -0.39 is 4.92 Å². The lowest BCUT2D eigenvalue weighted by Gasteiger charge is -2.31. The van der Waals surface area contributed by atoms with Crippen molar-refractivity contribution in [3.63, 3.8) is 0 Å². The summed E-state index contributed by atoms with van der Waals surface area (Å²) in [5.41, 5.74) is 0.457. The van der Waals surface area contributed by atoms with Crippen LogP contribution >= 0.6 is 11.6 Å². The molecule has 1 aliphatic carbocycles. The predicted octanol–water partition coefficient (Wildman–Crippen LogP) is 2.43. The Kier molecular flexibility index (Phi) is 3.49. The molecule has 5 nitrogen and oxygen atoms in total. The van der Waals surface area contributed by atoms with E-state index in [1.165, 1.54) is 6.07 Å². The van der Waals surface area contributed by atoms with Gasteiger partial charge in [0.1, 0.15) is 5.69 Å². The first-order valence-corrected chi connectivity index (χ1v) is 5.80.